The zero-order chi connectivity index (χ0) is 18.0. The molecule has 0 aromatic rings. The summed E-state index contributed by atoms with van der Waals surface area (Å²) in [6, 6.07) is -0.599. The van der Waals surface area contributed by atoms with Crippen molar-refractivity contribution in [3.8, 4) is 0 Å². The molecular formula is C16H28FN3O4. The maximum atomic E-state index is 16.0. The summed E-state index contributed by atoms with van der Waals surface area (Å²) in [7, 11) is 0. The molecule has 2 heterocycles. The molecule has 2 fully saturated rings. The number of halogens is 1. The summed E-state index contributed by atoms with van der Waals surface area (Å²) < 4.78 is 21.3. The van der Waals surface area contributed by atoms with Crippen molar-refractivity contribution in [2.45, 2.75) is 51.0 Å². The third-order valence-corrected chi connectivity index (χ3v) is 4.40. The number of piperazine rings is 1. The molecule has 8 heteroatoms. The molecule has 0 amide bonds. The number of esters is 1. The van der Waals surface area contributed by atoms with Crippen LogP contribution in [0.1, 0.15) is 33.6 Å². The van der Waals surface area contributed by atoms with Crippen molar-refractivity contribution in [2.24, 2.45) is 0 Å². The molecule has 24 heavy (non-hydrogen) atoms. The second-order valence-corrected chi connectivity index (χ2v) is 7.48. The van der Waals surface area contributed by atoms with E-state index < -0.39 is 29.4 Å². The fraction of sp³-hybridized carbons (Fsp3) is 0.875. The topological polar surface area (TPSA) is 82.1 Å². The highest BCUT2D eigenvalue weighted by Gasteiger charge is 2.54. The predicted octanol–water partition coefficient (Wildman–Crippen LogP) is 0.448. The van der Waals surface area contributed by atoms with Crippen molar-refractivity contribution in [1.82, 2.24) is 15.1 Å². The molecule has 7 nitrogen and oxygen atoms in total. The molecule has 0 aliphatic carbocycles. The summed E-state index contributed by atoms with van der Waals surface area (Å²) in [5.41, 5.74) is -0.766. The lowest BCUT2D eigenvalue weighted by Gasteiger charge is -2.44. The van der Waals surface area contributed by atoms with Crippen LogP contribution in [0.2, 0.25) is 0 Å². The maximum Gasteiger partial charge on any atom is 0.361 e. The van der Waals surface area contributed by atoms with Crippen molar-refractivity contribution in [2.75, 3.05) is 39.3 Å². The molecule has 0 bridgehead atoms. The number of nitrogens with zero attached hydrogens (tertiary/aromatic N) is 2. The van der Waals surface area contributed by atoms with E-state index in [2.05, 4.69) is 5.32 Å². The van der Waals surface area contributed by atoms with Gasteiger partial charge in [-0.2, -0.15) is 0 Å². The number of carbonyl (C=O) groups excluding carboxylic acids is 1. The lowest BCUT2D eigenvalue weighted by atomic mass is 10.00. The second-order valence-electron chi connectivity index (χ2n) is 7.48. The quantitative estimate of drug-likeness (QED) is 0.553. The lowest BCUT2D eigenvalue weighted by molar-refractivity contribution is -0.192. The zero-order valence-corrected chi connectivity index (χ0v) is 14.7. The molecule has 0 unspecified atom stereocenters. The van der Waals surface area contributed by atoms with E-state index in [1.807, 2.05) is 0 Å². The lowest BCUT2D eigenvalue weighted by Crippen LogP contribution is -2.66. The van der Waals surface area contributed by atoms with Gasteiger partial charge in [-0.05, 0) is 40.2 Å². The number of nitrogens with one attached hydrogen (secondary N) is 1. The van der Waals surface area contributed by atoms with Crippen LogP contribution in [0.5, 0.6) is 0 Å². The van der Waals surface area contributed by atoms with Gasteiger partial charge >= 0.3 is 11.9 Å². The number of alkyl halides is 1. The Labute approximate surface area is 142 Å². The molecule has 2 saturated heterocycles. The molecule has 2 aliphatic rings. The molecule has 2 rings (SSSR count). The number of carboxylic acid groups (broad SMARTS) is 1. The summed E-state index contributed by atoms with van der Waals surface area (Å²) in [6.45, 7) is 7.18. The van der Waals surface area contributed by atoms with E-state index in [0.717, 1.165) is 6.42 Å². The minimum Gasteiger partial charge on any atom is -0.480 e. The van der Waals surface area contributed by atoms with E-state index in [4.69, 9.17) is 9.84 Å². The molecular weight excluding hydrogens is 317 g/mol. The average Bonchev–Trinajstić information content (AvgIpc) is 2.99. The van der Waals surface area contributed by atoms with Gasteiger partial charge in [-0.15, -0.1) is 0 Å². The van der Waals surface area contributed by atoms with Gasteiger partial charge in [0.1, 0.15) is 5.60 Å². The van der Waals surface area contributed by atoms with E-state index in [-0.39, 0.29) is 6.54 Å². The zero-order valence-electron chi connectivity index (χ0n) is 14.7. The largest absolute Gasteiger partial charge is 0.480 e. The van der Waals surface area contributed by atoms with E-state index in [1.165, 1.54) is 4.90 Å². The molecule has 2 N–H and O–H groups in total. The summed E-state index contributed by atoms with van der Waals surface area (Å²) in [5, 5.41) is 11.9. The molecule has 0 aromatic carbocycles. The fourth-order valence-electron chi connectivity index (χ4n) is 3.28. The standard InChI is InChI=1S/C16H28FN3O4/c1-15(2,3)24-14(23)16(17,12-5-4-6-18-12)20-9-7-19(8-10-20)11-13(21)22/h12,18H,4-11H2,1-3H3,(H,21,22)/t12-,16+/m0/s1. The molecule has 0 spiro atoms. The fourth-order valence-corrected chi connectivity index (χ4v) is 3.28. The number of hydrogen-bond donors (Lipinski definition) is 2. The molecule has 0 saturated carbocycles. The second kappa shape index (κ2) is 7.33. The third-order valence-electron chi connectivity index (χ3n) is 4.40. The number of carboxylic acids is 1. The van der Waals surface area contributed by atoms with Crippen LogP contribution in [0.25, 0.3) is 0 Å². The monoisotopic (exact) mass is 345 g/mol. The van der Waals surface area contributed by atoms with Gasteiger partial charge in [-0.3, -0.25) is 14.6 Å². The SMILES string of the molecule is CC(C)(C)OC(=O)[C@@](F)([C@@H]1CCCN1)N1CCN(CC(=O)O)CC1. The van der Waals surface area contributed by atoms with Gasteiger partial charge in [-0.1, -0.05) is 0 Å². The number of aliphatic carboxylic acids is 1. The van der Waals surface area contributed by atoms with Crippen LogP contribution in [-0.2, 0) is 14.3 Å². The Balaban J connectivity index is 2.12. The Bertz CT molecular complexity index is 468. The van der Waals surface area contributed by atoms with E-state index in [0.29, 0.717) is 39.1 Å². The van der Waals surface area contributed by atoms with Crippen LogP contribution in [0.4, 0.5) is 4.39 Å². The highest BCUT2D eigenvalue weighted by molar-refractivity contribution is 5.80. The molecule has 2 aliphatic heterocycles. The molecule has 0 aromatic heterocycles. The first-order valence-electron chi connectivity index (χ1n) is 8.48. The summed E-state index contributed by atoms with van der Waals surface area (Å²) >= 11 is 0. The Morgan fingerprint density at radius 1 is 1.25 bits per heavy atom. The number of hydrogen-bond acceptors (Lipinski definition) is 6. The first-order valence-corrected chi connectivity index (χ1v) is 8.48. The minimum atomic E-state index is -2.22. The first-order chi connectivity index (χ1) is 11.1. The van der Waals surface area contributed by atoms with Gasteiger partial charge < -0.3 is 15.2 Å². The minimum absolute atomic E-state index is 0.0682. The van der Waals surface area contributed by atoms with Gasteiger partial charge in [0.2, 0.25) is 0 Å². The van der Waals surface area contributed by atoms with Gasteiger partial charge in [0.05, 0.1) is 12.6 Å². The van der Waals surface area contributed by atoms with Gasteiger partial charge in [0.25, 0.3) is 5.79 Å². The van der Waals surface area contributed by atoms with Crippen LogP contribution in [-0.4, -0.2) is 83.5 Å². The van der Waals surface area contributed by atoms with Crippen LogP contribution in [0, 0.1) is 0 Å². The van der Waals surface area contributed by atoms with Crippen LogP contribution >= 0.6 is 0 Å². The number of rotatable bonds is 5. The average molecular weight is 345 g/mol. The number of ether oxygens (including phenoxy) is 1. The van der Waals surface area contributed by atoms with Gasteiger partial charge in [0.15, 0.2) is 0 Å². The van der Waals surface area contributed by atoms with Gasteiger partial charge in [0, 0.05) is 26.2 Å². The van der Waals surface area contributed by atoms with Crippen molar-refractivity contribution in [3.63, 3.8) is 0 Å². The third kappa shape index (κ3) is 4.43. The Morgan fingerprint density at radius 3 is 2.33 bits per heavy atom. The molecule has 0 radical (unpaired) electrons. The highest BCUT2D eigenvalue weighted by atomic mass is 19.1. The molecule has 138 valence electrons. The Hall–Kier alpha value is -1.25. The first kappa shape index (κ1) is 19.1. The summed E-state index contributed by atoms with van der Waals surface area (Å²) in [4.78, 5) is 26.7. The number of carbonyl (C=O) groups is 2. The smallest absolute Gasteiger partial charge is 0.361 e. The van der Waals surface area contributed by atoms with Crippen LogP contribution in [0.15, 0.2) is 0 Å². The van der Waals surface area contributed by atoms with Crippen LogP contribution in [0.3, 0.4) is 0 Å². The Kier molecular flexibility index (Phi) is 5.83. The van der Waals surface area contributed by atoms with Gasteiger partial charge in [-0.25, -0.2) is 9.18 Å². The summed E-state index contributed by atoms with van der Waals surface area (Å²) in [6.07, 6.45) is 1.39. The highest BCUT2D eigenvalue weighted by Crippen LogP contribution is 2.31. The van der Waals surface area contributed by atoms with Crippen molar-refractivity contribution >= 4 is 11.9 Å². The summed E-state index contributed by atoms with van der Waals surface area (Å²) in [5.74, 6) is -3.99. The van der Waals surface area contributed by atoms with E-state index in [1.54, 1.807) is 25.7 Å². The van der Waals surface area contributed by atoms with E-state index >= 15 is 4.39 Å². The maximum absolute atomic E-state index is 16.0. The predicted molar refractivity (Wildman–Crippen MR) is 86.4 cm³/mol. The molecule has 2 atom stereocenters. The van der Waals surface area contributed by atoms with Crippen molar-refractivity contribution < 1.29 is 23.8 Å². The van der Waals surface area contributed by atoms with E-state index in [9.17, 15) is 9.59 Å². The van der Waals surface area contributed by atoms with Crippen LogP contribution < -0.4 is 5.32 Å². The normalized spacial score (nSPS) is 26.1. The van der Waals surface area contributed by atoms with Crippen molar-refractivity contribution in [3.05, 3.63) is 0 Å². The van der Waals surface area contributed by atoms with Crippen molar-refractivity contribution in [1.29, 1.82) is 0 Å². The Morgan fingerprint density at radius 2 is 1.88 bits per heavy atom.